The minimum atomic E-state index is -0.450. The second-order valence-corrected chi connectivity index (χ2v) is 3.86. The van der Waals surface area contributed by atoms with Crippen molar-refractivity contribution >= 4 is 5.91 Å². The number of aliphatic hydroxyl groups is 1. The predicted octanol–water partition coefficient (Wildman–Crippen LogP) is 2.14. The number of hydrogen-bond donors (Lipinski definition) is 1. The molecule has 0 heterocycles. The molecule has 1 amide bonds. The Morgan fingerprint density at radius 2 is 2.06 bits per heavy atom. The van der Waals surface area contributed by atoms with Gasteiger partial charge in [-0.1, -0.05) is 42.5 Å². The van der Waals surface area contributed by atoms with Crippen LogP contribution in [-0.4, -0.2) is 29.1 Å². The van der Waals surface area contributed by atoms with Crippen molar-refractivity contribution in [3.8, 4) is 0 Å². The van der Waals surface area contributed by atoms with Crippen LogP contribution in [0.25, 0.3) is 0 Å². The highest BCUT2D eigenvalue weighted by Crippen LogP contribution is 2.19. The smallest absolute Gasteiger partial charge is 0.249 e. The van der Waals surface area contributed by atoms with Gasteiger partial charge in [0.1, 0.15) is 6.61 Å². The van der Waals surface area contributed by atoms with Gasteiger partial charge in [0.25, 0.3) is 0 Å². The standard InChI is InChI=1S/C14H19NO2/c1-3-4-10-15(14(17)11-16)12(2)13-8-6-5-7-9-13/h3-9,12,16H,10-11H2,1-2H3/b4-3+/t12-/m0/s1. The van der Waals surface area contributed by atoms with E-state index in [9.17, 15) is 4.79 Å². The van der Waals surface area contributed by atoms with Gasteiger partial charge in [-0.2, -0.15) is 0 Å². The average Bonchev–Trinajstić information content (AvgIpc) is 2.39. The summed E-state index contributed by atoms with van der Waals surface area (Å²) >= 11 is 0. The fraction of sp³-hybridized carbons (Fsp3) is 0.357. The first kappa shape index (κ1) is 13.5. The summed E-state index contributed by atoms with van der Waals surface area (Å²) in [5, 5.41) is 8.99. The molecule has 0 saturated carbocycles. The van der Waals surface area contributed by atoms with Crippen LogP contribution in [0.1, 0.15) is 25.5 Å². The minimum Gasteiger partial charge on any atom is -0.387 e. The summed E-state index contributed by atoms with van der Waals surface area (Å²) in [5.74, 6) is -0.251. The van der Waals surface area contributed by atoms with E-state index in [1.165, 1.54) is 0 Å². The van der Waals surface area contributed by atoms with Gasteiger partial charge in [0.15, 0.2) is 0 Å². The molecular weight excluding hydrogens is 214 g/mol. The Balaban J connectivity index is 2.86. The summed E-state index contributed by atoms with van der Waals surface area (Å²) in [5.41, 5.74) is 1.07. The maximum absolute atomic E-state index is 11.7. The topological polar surface area (TPSA) is 40.5 Å². The van der Waals surface area contributed by atoms with Crippen LogP contribution in [0.3, 0.4) is 0 Å². The predicted molar refractivity (Wildman–Crippen MR) is 68.5 cm³/mol. The van der Waals surface area contributed by atoms with Crippen LogP contribution in [0.15, 0.2) is 42.5 Å². The molecule has 0 saturated heterocycles. The average molecular weight is 233 g/mol. The van der Waals surface area contributed by atoms with Crippen LogP contribution >= 0.6 is 0 Å². The van der Waals surface area contributed by atoms with Crippen molar-refractivity contribution < 1.29 is 9.90 Å². The number of aliphatic hydroxyl groups excluding tert-OH is 1. The quantitative estimate of drug-likeness (QED) is 0.792. The van der Waals surface area contributed by atoms with Crippen LogP contribution in [-0.2, 0) is 4.79 Å². The largest absolute Gasteiger partial charge is 0.387 e. The van der Waals surface area contributed by atoms with E-state index >= 15 is 0 Å². The fourth-order valence-electron chi connectivity index (χ4n) is 1.70. The molecule has 0 aromatic heterocycles. The van der Waals surface area contributed by atoms with E-state index in [1.807, 2.05) is 56.3 Å². The SMILES string of the molecule is C/C=C/CN(C(=O)CO)[C@@H](C)c1ccccc1. The van der Waals surface area contributed by atoms with Gasteiger partial charge in [0, 0.05) is 6.54 Å². The van der Waals surface area contributed by atoms with E-state index in [2.05, 4.69) is 0 Å². The van der Waals surface area contributed by atoms with Gasteiger partial charge >= 0.3 is 0 Å². The van der Waals surface area contributed by atoms with E-state index in [1.54, 1.807) is 4.90 Å². The highest BCUT2D eigenvalue weighted by Gasteiger charge is 2.19. The van der Waals surface area contributed by atoms with Crippen molar-refractivity contribution in [1.82, 2.24) is 4.90 Å². The normalized spacial score (nSPS) is 12.6. The monoisotopic (exact) mass is 233 g/mol. The third kappa shape index (κ3) is 3.71. The summed E-state index contributed by atoms with van der Waals surface area (Å²) in [7, 11) is 0. The van der Waals surface area contributed by atoms with Crippen LogP contribution in [0.4, 0.5) is 0 Å². The fourth-order valence-corrected chi connectivity index (χ4v) is 1.70. The molecule has 0 aliphatic heterocycles. The Labute approximate surface area is 102 Å². The van der Waals surface area contributed by atoms with E-state index in [0.29, 0.717) is 6.54 Å². The first-order valence-corrected chi connectivity index (χ1v) is 5.77. The van der Waals surface area contributed by atoms with Gasteiger partial charge in [-0.25, -0.2) is 0 Å². The van der Waals surface area contributed by atoms with E-state index in [-0.39, 0.29) is 11.9 Å². The molecule has 1 rings (SSSR count). The number of rotatable bonds is 5. The van der Waals surface area contributed by atoms with Crippen molar-refractivity contribution in [2.45, 2.75) is 19.9 Å². The van der Waals surface area contributed by atoms with Gasteiger partial charge in [0.05, 0.1) is 6.04 Å². The number of hydrogen-bond acceptors (Lipinski definition) is 2. The van der Waals surface area contributed by atoms with Crippen LogP contribution in [0.5, 0.6) is 0 Å². The Bertz CT molecular complexity index is 373. The molecular formula is C14H19NO2. The number of amides is 1. The van der Waals surface area contributed by atoms with Crippen molar-refractivity contribution in [3.05, 3.63) is 48.0 Å². The first-order chi connectivity index (χ1) is 8.20. The van der Waals surface area contributed by atoms with Crippen molar-refractivity contribution in [3.63, 3.8) is 0 Å². The lowest BCUT2D eigenvalue weighted by atomic mass is 10.1. The van der Waals surface area contributed by atoms with Crippen molar-refractivity contribution in [1.29, 1.82) is 0 Å². The number of benzene rings is 1. The van der Waals surface area contributed by atoms with Gasteiger partial charge < -0.3 is 10.0 Å². The molecule has 92 valence electrons. The summed E-state index contributed by atoms with van der Waals surface area (Å²) in [6.07, 6.45) is 3.81. The lowest BCUT2D eigenvalue weighted by Crippen LogP contribution is -2.35. The Hall–Kier alpha value is -1.61. The van der Waals surface area contributed by atoms with E-state index < -0.39 is 6.61 Å². The van der Waals surface area contributed by atoms with Gasteiger partial charge in [-0.05, 0) is 19.4 Å². The molecule has 3 nitrogen and oxygen atoms in total. The third-order valence-corrected chi connectivity index (χ3v) is 2.74. The minimum absolute atomic E-state index is 0.0351. The summed E-state index contributed by atoms with van der Waals surface area (Å²) < 4.78 is 0. The Kier molecular flexibility index (Phi) is 5.43. The first-order valence-electron chi connectivity index (χ1n) is 5.77. The van der Waals surface area contributed by atoms with Crippen molar-refractivity contribution in [2.24, 2.45) is 0 Å². The van der Waals surface area contributed by atoms with Crippen LogP contribution in [0.2, 0.25) is 0 Å². The zero-order chi connectivity index (χ0) is 12.7. The highest BCUT2D eigenvalue weighted by molar-refractivity contribution is 5.77. The number of carbonyl (C=O) groups is 1. The summed E-state index contributed by atoms with van der Waals surface area (Å²) in [6, 6.07) is 9.77. The molecule has 3 heteroatoms. The maximum atomic E-state index is 11.7. The second-order valence-electron chi connectivity index (χ2n) is 3.86. The Morgan fingerprint density at radius 3 is 2.59 bits per heavy atom. The third-order valence-electron chi connectivity index (χ3n) is 2.74. The molecule has 0 aliphatic carbocycles. The van der Waals surface area contributed by atoms with E-state index in [4.69, 9.17) is 5.11 Å². The van der Waals surface area contributed by atoms with Crippen LogP contribution in [0, 0.1) is 0 Å². The van der Waals surface area contributed by atoms with Gasteiger partial charge in [0.2, 0.25) is 5.91 Å². The zero-order valence-corrected chi connectivity index (χ0v) is 10.3. The molecule has 0 spiro atoms. The second kappa shape index (κ2) is 6.86. The molecule has 1 atom stereocenters. The number of nitrogens with zero attached hydrogens (tertiary/aromatic N) is 1. The Morgan fingerprint density at radius 1 is 1.41 bits per heavy atom. The van der Waals surface area contributed by atoms with Gasteiger partial charge in [-0.15, -0.1) is 0 Å². The number of allylic oxidation sites excluding steroid dienone is 1. The zero-order valence-electron chi connectivity index (χ0n) is 10.3. The molecule has 0 fully saturated rings. The van der Waals surface area contributed by atoms with Crippen molar-refractivity contribution in [2.75, 3.05) is 13.2 Å². The maximum Gasteiger partial charge on any atom is 0.249 e. The molecule has 0 radical (unpaired) electrons. The summed E-state index contributed by atoms with van der Waals surface area (Å²) in [4.78, 5) is 13.3. The molecule has 0 bridgehead atoms. The lowest BCUT2D eigenvalue weighted by Gasteiger charge is -2.28. The summed E-state index contributed by atoms with van der Waals surface area (Å²) in [6.45, 7) is 3.95. The molecule has 1 N–H and O–H groups in total. The van der Waals surface area contributed by atoms with Crippen LogP contribution < -0.4 is 0 Å². The molecule has 17 heavy (non-hydrogen) atoms. The molecule has 0 aliphatic rings. The molecule has 0 unspecified atom stereocenters. The lowest BCUT2D eigenvalue weighted by molar-refractivity contribution is -0.135. The molecule has 1 aromatic carbocycles. The number of carbonyl (C=O) groups excluding carboxylic acids is 1. The molecule has 1 aromatic rings. The van der Waals surface area contributed by atoms with Gasteiger partial charge in [-0.3, -0.25) is 4.79 Å². The van der Waals surface area contributed by atoms with E-state index in [0.717, 1.165) is 5.56 Å². The highest BCUT2D eigenvalue weighted by atomic mass is 16.3.